The Morgan fingerprint density at radius 2 is 1.69 bits per heavy atom. The highest BCUT2D eigenvalue weighted by molar-refractivity contribution is 7.86. The van der Waals surface area contributed by atoms with Crippen LogP contribution in [0.3, 0.4) is 0 Å². The van der Waals surface area contributed by atoms with Crippen LogP contribution in [0, 0.1) is 5.92 Å². The van der Waals surface area contributed by atoms with Gasteiger partial charge >= 0.3 is 5.97 Å². The van der Waals surface area contributed by atoms with Gasteiger partial charge in [0.2, 0.25) is 5.91 Å². The first-order valence-electron chi connectivity index (χ1n) is 17.6. The summed E-state index contributed by atoms with van der Waals surface area (Å²) in [7, 11) is 1.41. The Morgan fingerprint density at radius 1 is 1.00 bits per heavy atom. The number of rotatable bonds is 11. The van der Waals surface area contributed by atoms with E-state index < -0.39 is 16.2 Å². The number of carboxylic acid groups (broad SMARTS) is 1. The molecule has 282 valence electrons. The highest BCUT2D eigenvalue weighted by Gasteiger charge is 2.41. The van der Waals surface area contributed by atoms with Gasteiger partial charge in [0.25, 0.3) is 16.1 Å². The van der Waals surface area contributed by atoms with E-state index in [1.165, 1.54) is 22.7 Å². The largest absolute Gasteiger partial charge is 0.481 e. The molecule has 52 heavy (non-hydrogen) atoms. The van der Waals surface area contributed by atoms with Crippen LogP contribution in [0.4, 0.5) is 5.69 Å². The summed E-state index contributed by atoms with van der Waals surface area (Å²) in [5, 5.41) is 13.6. The SMILES string of the molecule is CN(C)S(=O)(=O)N1CCN([C@H]2C[C@@H](COC3CCC(C(=O)O)CC3)N(C(=O)Cc3cc(Cl)c(NC(=O)c4cn(C)c5ccccc45)cc3Cl)C2)CC1. The number of carbonyl (C=O) groups excluding carboxylic acids is 2. The Labute approximate surface area is 314 Å². The standard InChI is InChI=1S/C36H46Cl2N6O7S/c1-40(2)52(49,50)43-14-12-42(13-15-43)25-18-26(22-51-27-10-8-23(9-11-27)36(47)48)44(20-25)34(45)17-24-16-31(38)32(19-30(24)37)39-35(46)29-21-41(3)33-7-5-4-6-28(29)33/h4-7,16,19,21,23,25-27H,8-15,17-18,20,22H2,1-3H3,(H,39,46)(H,47,48)/t23?,25-,26-,27?/m0/s1. The van der Waals surface area contributed by atoms with E-state index in [4.69, 9.17) is 27.9 Å². The molecule has 0 bridgehead atoms. The summed E-state index contributed by atoms with van der Waals surface area (Å²) in [5.41, 5.74) is 2.28. The van der Waals surface area contributed by atoms with Gasteiger partial charge in [0.15, 0.2) is 0 Å². The van der Waals surface area contributed by atoms with Crippen LogP contribution in [0.1, 0.15) is 48.0 Å². The van der Waals surface area contributed by atoms with Gasteiger partial charge in [-0.3, -0.25) is 19.3 Å². The first-order valence-corrected chi connectivity index (χ1v) is 19.8. The number of anilines is 1. The molecule has 2 N–H and O–H groups in total. The minimum Gasteiger partial charge on any atom is -0.481 e. The van der Waals surface area contributed by atoms with Crippen LogP contribution in [0.15, 0.2) is 42.6 Å². The number of hydrogen-bond acceptors (Lipinski definition) is 7. The lowest BCUT2D eigenvalue weighted by Gasteiger charge is -2.38. The van der Waals surface area contributed by atoms with Gasteiger partial charge in [-0.05, 0) is 55.9 Å². The summed E-state index contributed by atoms with van der Waals surface area (Å²) in [6.07, 6.45) is 4.76. The van der Waals surface area contributed by atoms with Crippen molar-refractivity contribution in [3.05, 3.63) is 63.8 Å². The van der Waals surface area contributed by atoms with E-state index in [1.807, 2.05) is 40.8 Å². The number of carbonyl (C=O) groups is 3. The van der Waals surface area contributed by atoms with Crippen LogP contribution in [0.5, 0.6) is 0 Å². The lowest BCUT2D eigenvalue weighted by Crippen LogP contribution is -2.54. The number of aliphatic carboxylic acids is 1. The van der Waals surface area contributed by atoms with Crippen molar-refractivity contribution in [1.82, 2.24) is 23.0 Å². The zero-order valence-corrected chi connectivity index (χ0v) is 32.0. The maximum atomic E-state index is 14.0. The van der Waals surface area contributed by atoms with E-state index in [1.54, 1.807) is 18.3 Å². The number of amides is 2. The molecule has 3 aromatic rings. The predicted octanol–water partition coefficient (Wildman–Crippen LogP) is 4.33. The molecule has 0 unspecified atom stereocenters. The van der Waals surface area contributed by atoms with Crippen molar-refractivity contribution in [1.29, 1.82) is 0 Å². The second-order valence-corrected chi connectivity index (χ2v) is 17.1. The van der Waals surface area contributed by atoms with Crippen molar-refractivity contribution < 1.29 is 32.6 Å². The molecule has 3 fully saturated rings. The summed E-state index contributed by atoms with van der Waals surface area (Å²) in [5.74, 6) is -1.60. The van der Waals surface area contributed by atoms with Gasteiger partial charge in [-0.2, -0.15) is 17.0 Å². The van der Waals surface area contributed by atoms with Gasteiger partial charge < -0.3 is 24.6 Å². The lowest BCUT2D eigenvalue weighted by molar-refractivity contribution is -0.144. The summed E-state index contributed by atoms with van der Waals surface area (Å²) in [4.78, 5) is 42.8. The van der Waals surface area contributed by atoms with Crippen molar-refractivity contribution in [2.45, 2.75) is 56.7 Å². The number of aromatic nitrogens is 1. The summed E-state index contributed by atoms with van der Waals surface area (Å²) in [6.45, 7) is 2.56. The third kappa shape index (κ3) is 8.28. The maximum Gasteiger partial charge on any atom is 0.306 e. The Morgan fingerprint density at radius 3 is 2.37 bits per heavy atom. The first-order chi connectivity index (χ1) is 24.7. The minimum atomic E-state index is -3.52. The number of benzene rings is 2. The van der Waals surface area contributed by atoms with Crippen LogP contribution in [-0.4, -0.2) is 126 Å². The molecule has 2 aromatic carbocycles. The zero-order chi connectivity index (χ0) is 37.3. The molecule has 13 nitrogen and oxygen atoms in total. The number of hydrogen-bond donors (Lipinski definition) is 2. The fourth-order valence-electron chi connectivity index (χ4n) is 7.67. The van der Waals surface area contributed by atoms with Gasteiger partial charge in [0, 0.05) is 82.0 Å². The number of nitrogens with one attached hydrogen (secondary N) is 1. The van der Waals surface area contributed by atoms with Gasteiger partial charge in [-0.25, -0.2) is 0 Å². The molecule has 2 saturated heterocycles. The monoisotopic (exact) mass is 776 g/mol. The highest BCUT2D eigenvalue weighted by atomic mass is 35.5. The summed E-state index contributed by atoms with van der Waals surface area (Å²) >= 11 is 13.4. The van der Waals surface area contributed by atoms with E-state index in [9.17, 15) is 27.9 Å². The normalized spacial score (nSPS) is 23.4. The molecule has 2 aliphatic heterocycles. The molecule has 2 amide bonds. The number of nitrogens with zero attached hydrogens (tertiary/aromatic N) is 5. The molecular formula is C36H46Cl2N6O7S. The Hall–Kier alpha value is -3.24. The molecule has 0 radical (unpaired) electrons. The fraction of sp³-hybridized carbons (Fsp3) is 0.528. The van der Waals surface area contributed by atoms with Crippen molar-refractivity contribution in [2.75, 3.05) is 58.7 Å². The molecule has 3 aliphatic rings. The highest BCUT2D eigenvalue weighted by Crippen LogP contribution is 2.33. The average molecular weight is 778 g/mol. The Bertz CT molecular complexity index is 1920. The van der Waals surface area contributed by atoms with Gasteiger partial charge in [-0.1, -0.05) is 41.4 Å². The molecular weight excluding hydrogens is 731 g/mol. The topological polar surface area (TPSA) is 145 Å². The average Bonchev–Trinajstić information content (AvgIpc) is 3.71. The molecule has 1 aliphatic carbocycles. The van der Waals surface area contributed by atoms with Crippen LogP contribution in [0.2, 0.25) is 10.0 Å². The van der Waals surface area contributed by atoms with Crippen molar-refractivity contribution in [3.8, 4) is 0 Å². The number of likely N-dealkylation sites (tertiary alicyclic amines) is 1. The third-order valence-corrected chi connectivity index (χ3v) is 13.3. The zero-order valence-electron chi connectivity index (χ0n) is 29.6. The molecule has 0 spiro atoms. The first kappa shape index (κ1) is 38.5. The predicted molar refractivity (Wildman–Crippen MR) is 200 cm³/mol. The Kier molecular flexibility index (Phi) is 11.8. The van der Waals surface area contributed by atoms with Crippen LogP contribution in [0.25, 0.3) is 10.9 Å². The number of fused-ring (bicyclic) bond motifs is 1. The van der Waals surface area contributed by atoms with Crippen LogP contribution >= 0.6 is 23.2 Å². The van der Waals surface area contributed by atoms with Crippen molar-refractivity contribution in [3.63, 3.8) is 0 Å². The molecule has 3 heterocycles. The lowest BCUT2D eigenvalue weighted by atomic mass is 9.87. The van der Waals surface area contributed by atoms with Crippen molar-refractivity contribution in [2.24, 2.45) is 13.0 Å². The number of carboxylic acids is 1. The van der Waals surface area contributed by atoms with E-state index in [0.29, 0.717) is 93.3 Å². The van der Waals surface area contributed by atoms with E-state index >= 15 is 0 Å². The molecule has 6 rings (SSSR count). The van der Waals surface area contributed by atoms with Crippen LogP contribution in [-0.2, 0) is 38.0 Å². The van der Waals surface area contributed by atoms with E-state index in [2.05, 4.69) is 10.2 Å². The second-order valence-electron chi connectivity index (χ2n) is 14.2. The second kappa shape index (κ2) is 16.0. The van der Waals surface area contributed by atoms with Gasteiger partial charge in [-0.15, -0.1) is 0 Å². The van der Waals surface area contributed by atoms with Crippen LogP contribution < -0.4 is 5.32 Å². The van der Waals surface area contributed by atoms with Gasteiger partial charge in [0.1, 0.15) is 0 Å². The molecule has 1 aromatic heterocycles. The van der Waals surface area contributed by atoms with E-state index in [-0.39, 0.29) is 47.4 Å². The Balaban J connectivity index is 1.14. The molecule has 2 atom stereocenters. The molecule has 1 saturated carbocycles. The maximum absolute atomic E-state index is 14.0. The fourth-order valence-corrected chi connectivity index (χ4v) is 9.22. The number of para-hydroxylation sites is 1. The summed E-state index contributed by atoms with van der Waals surface area (Å²) in [6, 6.07) is 10.6. The number of piperazine rings is 1. The number of halogens is 2. The molecule has 16 heteroatoms. The smallest absolute Gasteiger partial charge is 0.306 e. The minimum absolute atomic E-state index is 0.00947. The van der Waals surface area contributed by atoms with E-state index in [0.717, 1.165) is 10.9 Å². The quantitative estimate of drug-likeness (QED) is 0.293. The summed E-state index contributed by atoms with van der Waals surface area (Å²) < 4.78 is 36.3. The number of aryl methyl sites for hydroxylation is 1. The van der Waals surface area contributed by atoms with Crippen molar-refractivity contribution >= 4 is 67.8 Å². The third-order valence-electron chi connectivity index (χ3n) is 10.7. The number of ether oxygens (including phenoxy) is 1. The van der Waals surface area contributed by atoms with Gasteiger partial charge in [0.05, 0.1) is 47.4 Å².